The van der Waals surface area contributed by atoms with Crippen LogP contribution in [0.15, 0.2) is 30.3 Å². The molecule has 34 heavy (non-hydrogen) atoms. The first-order valence-corrected chi connectivity index (χ1v) is 12.8. The lowest BCUT2D eigenvalue weighted by Crippen LogP contribution is -2.27. The lowest BCUT2D eigenvalue weighted by Gasteiger charge is -2.22. The molecule has 0 radical (unpaired) electrons. The highest BCUT2D eigenvalue weighted by molar-refractivity contribution is 6.31. The second-order valence-electron chi connectivity index (χ2n) is 9.20. The van der Waals surface area contributed by atoms with Crippen LogP contribution in [0.3, 0.4) is 0 Å². The Hall–Kier alpha value is -2.86. The largest absolute Gasteiger partial charge is 0.507 e. The van der Waals surface area contributed by atoms with Crippen LogP contribution in [0.5, 0.6) is 5.75 Å². The number of aromatic hydroxyl groups is 1. The Labute approximate surface area is 203 Å². The van der Waals surface area contributed by atoms with Crippen molar-refractivity contribution in [2.24, 2.45) is 0 Å². The summed E-state index contributed by atoms with van der Waals surface area (Å²) < 4.78 is 0. The van der Waals surface area contributed by atoms with Gasteiger partial charge in [-0.25, -0.2) is 0 Å². The maximum absolute atomic E-state index is 13.0. The van der Waals surface area contributed by atoms with Crippen molar-refractivity contribution in [2.75, 3.05) is 37.2 Å². The molecule has 0 aromatic heterocycles. The predicted molar refractivity (Wildman–Crippen MR) is 139 cm³/mol. The molecule has 6 nitrogen and oxygen atoms in total. The van der Waals surface area contributed by atoms with Crippen LogP contribution < -0.4 is 11.1 Å². The third kappa shape index (κ3) is 5.98. The molecule has 1 aliphatic rings. The lowest BCUT2D eigenvalue weighted by atomic mass is 9.82. The van der Waals surface area contributed by atoms with Gasteiger partial charge in [0.05, 0.1) is 22.5 Å². The Morgan fingerprint density at radius 2 is 1.38 bits per heavy atom. The smallest absolute Gasteiger partial charge is 0.198 e. The fourth-order valence-corrected chi connectivity index (χ4v) is 4.58. The zero-order valence-electron chi connectivity index (χ0n) is 20.7. The number of fused-ring (bicyclic) bond motifs is 2. The van der Waals surface area contributed by atoms with E-state index in [2.05, 4.69) is 24.1 Å². The Bertz CT molecular complexity index is 995. The minimum absolute atomic E-state index is 0.00227. The summed E-state index contributed by atoms with van der Waals surface area (Å²) in [5.74, 6) is -0.899. The Kier molecular flexibility index (Phi) is 9.52. The quantitative estimate of drug-likeness (QED) is 0.162. The molecule has 0 aliphatic heterocycles. The van der Waals surface area contributed by atoms with Crippen LogP contribution in [0.25, 0.3) is 0 Å². The van der Waals surface area contributed by atoms with Gasteiger partial charge in [0.25, 0.3) is 0 Å². The first kappa shape index (κ1) is 25.8. The molecule has 1 aliphatic carbocycles. The van der Waals surface area contributed by atoms with E-state index < -0.39 is 0 Å². The van der Waals surface area contributed by atoms with Gasteiger partial charge in [-0.15, -0.1) is 0 Å². The number of hydrogen-bond donors (Lipinski definition) is 3. The molecule has 3 rings (SSSR count). The highest BCUT2D eigenvalue weighted by Crippen LogP contribution is 2.40. The number of carbonyl (C=O) groups is 2. The van der Waals surface area contributed by atoms with Gasteiger partial charge in [0.2, 0.25) is 0 Å². The Balaban J connectivity index is 1.52. The summed E-state index contributed by atoms with van der Waals surface area (Å²) in [6.07, 6.45) is 9.45. The van der Waals surface area contributed by atoms with Gasteiger partial charge in [0.15, 0.2) is 11.6 Å². The fraction of sp³-hybridized carbons (Fsp3) is 0.500. The average molecular weight is 466 g/mol. The number of benzene rings is 2. The van der Waals surface area contributed by atoms with Gasteiger partial charge in [0, 0.05) is 23.7 Å². The van der Waals surface area contributed by atoms with E-state index >= 15 is 0 Å². The normalized spacial score (nSPS) is 12.7. The minimum Gasteiger partial charge on any atom is -0.507 e. The first-order chi connectivity index (χ1) is 16.5. The monoisotopic (exact) mass is 465 g/mol. The van der Waals surface area contributed by atoms with Crippen molar-refractivity contribution in [3.63, 3.8) is 0 Å². The number of nitrogens with zero attached hydrogens (tertiary/aromatic N) is 1. The van der Waals surface area contributed by atoms with Gasteiger partial charge in [-0.05, 0) is 45.3 Å². The van der Waals surface area contributed by atoms with Crippen LogP contribution in [0.4, 0.5) is 11.4 Å². The molecule has 0 heterocycles. The van der Waals surface area contributed by atoms with Gasteiger partial charge in [0.1, 0.15) is 5.75 Å². The van der Waals surface area contributed by atoms with Crippen molar-refractivity contribution >= 4 is 22.9 Å². The van der Waals surface area contributed by atoms with Gasteiger partial charge >= 0.3 is 0 Å². The van der Waals surface area contributed by atoms with E-state index in [4.69, 9.17) is 5.73 Å². The van der Waals surface area contributed by atoms with Crippen LogP contribution in [0.2, 0.25) is 0 Å². The third-order valence-electron chi connectivity index (χ3n) is 6.59. The number of unbranched alkanes of at least 4 members (excludes halogenated alkanes) is 5. The molecule has 0 unspecified atom stereocenters. The molecule has 6 heteroatoms. The number of nitrogen functional groups attached to an aromatic ring is 1. The summed E-state index contributed by atoms with van der Waals surface area (Å²) in [6.45, 7) is 8.74. The molecule has 0 spiro atoms. The van der Waals surface area contributed by atoms with Crippen molar-refractivity contribution in [2.45, 2.75) is 65.2 Å². The van der Waals surface area contributed by atoms with Crippen LogP contribution in [0.1, 0.15) is 97.1 Å². The second kappa shape index (κ2) is 12.6. The fourth-order valence-electron chi connectivity index (χ4n) is 4.58. The van der Waals surface area contributed by atoms with E-state index in [1.807, 2.05) is 0 Å². The molecule has 2 aromatic carbocycles. The molecule has 0 atom stereocenters. The molecule has 0 bridgehead atoms. The van der Waals surface area contributed by atoms with Crippen molar-refractivity contribution < 1.29 is 14.7 Å². The summed E-state index contributed by atoms with van der Waals surface area (Å²) in [5.41, 5.74) is 7.77. The molecule has 2 aromatic rings. The van der Waals surface area contributed by atoms with Crippen molar-refractivity contribution in [1.82, 2.24) is 4.90 Å². The molecule has 0 saturated heterocycles. The van der Waals surface area contributed by atoms with E-state index in [1.165, 1.54) is 57.7 Å². The summed E-state index contributed by atoms with van der Waals surface area (Å²) in [6, 6.07) is 8.12. The summed E-state index contributed by atoms with van der Waals surface area (Å²) in [5, 5.41) is 13.8. The number of nitrogens with one attached hydrogen (secondary N) is 1. The van der Waals surface area contributed by atoms with E-state index in [0.717, 1.165) is 19.4 Å². The standard InChI is InChI=1S/C28H39N3O3/c1-3-5-16-31(17-6-4-2)18-12-8-7-11-15-30-22-19-23(32)24-25(26(22)29)28(34)21-14-10-9-13-20(21)27(24)33/h9-10,13-14,19,30,32H,3-8,11-12,15-18,29H2,1-2H3. The Morgan fingerprint density at radius 1 is 0.824 bits per heavy atom. The number of phenols is 1. The lowest BCUT2D eigenvalue weighted by molar-refractivity contribution is 0.0977. The number of anilines is 2. The first-order valence-electron chi connectivity index (χ1n) is 12.8. The molecule has 4 N–H and O–H groups in total. The number of nitrogens with two attached hydrogens (primary N) is 1. The number of rotatable bonds is 14. The number of phenolic OH excluding ortho intramolecular Hbond substituents is 1. The van der Waals surface area contributed by atoms with Crippen molar-refractivity contribution in [3.05, 3.63) is 52.6 Å². The van der Waals surface area contributed by atoms with E-state index in [0.29, 0.717) is 23.4 Å². The highest BCUT2D eigenvalue weighted by Gasteiger charge is 2.34. The molecule has 184 valence electrons. The highest BCUT2D eigenvalue weighted by atomic mass is 16.3. The van der Waals surface area contributed by atoms with E-state index in [1.54, 1.807) is 24.3 Å². The minimum atomic E-state index is -0.368. The summed E-state index contributed by atoms with van der Waals surface area (Å²) in [4.78, 5) is 28.5. The van der Waals surface area contributed by atoms with E-state index in [9.17, 15) is 14.7 Å². The number of ketones is 2. The SMILES string of the molecule is CCCCN(CCCC)CCCCCCNc1cc(O)c2c(c1N)C(=O)c1ccccc1C2=O. The second-order valence-corrected chi connectivity index (χ2v) is 9.20. The molecule has 0 amide bonds. The molecule has 0 fully saturated rings. The van der Waals surface area contributed by atoms with Gasteiger partial charge in [-0.2, -0.15) is 0 Å². The molecule has 0 saturated carbocycles. The number of carbonyl (C=O) groups excluding carboxylic acids is 2. The molecular weight excluding hydrogens is 426 g/mol. The van der Waals surface area contributed by atoms with Gasteiger partial charge in [-0.1, -0.05) is 63.8 Å². The van der Waals surface area contributed by atoms with Crippen LogP contribution in [-0.2, 0) is 0 Å². The predicted octanol–water partition coefficient (Wildman–Crippen LogP) is 5.62. The van der Waals surface area contributed by atoms with Crippen molar-refractivity contribution in [3.8, 4) is 5.75 Å². The van der Waals surface area contributed by atoms with E-state index in [-0.39, 0.29) is 34.1 Å². The van der Waals surface area contributed by atoms with Crippen molar-refractivity contribution in [1.29, 1.82) is 0 Å². The van der Waals surface area contributed by atoms with Gasteiger partial charge in [-0.3, -0.25) is 9.59 Å². The molecular formula is C28H39N3O3. The van der Waals surface area contributed by atoms with Crippen LogP contribution in [-0.4, -0.2) is 47.8 Å². The maximum atomic E-state index is 13.0. The van der Waals surface area contributed by atoms with Crippen LogP contribution >= 0.6 is 0 Å². The zero-order chi connectivity index (χ0) is 24.5. The maximum Gasteiger partial charge on any atom is 0.198 e. The average Bonchev–Trinajstić information content (AvgIpc) is 2.84. The van der Waals surface area contributed by atoms with Crippen LogP contribution in [0, 0.1) is 0 Å². The number of hydrogen-bond acceptors (Lipinski definition) is 6. The third-order valence-corrected chi connectivity index (χ3v) is 6.59. The topological polar surface area (TPSA) is 95.7 Å². The Morgan fingerprint density at radius 3 is 2.00 bits per heavy atom. The summed E-state index contributed by atoms with van der Waals surface area (Å²) >= 11 is 0. The van der Waals surface area contributed by atoms with Gasteiger partial charge < -0.3 is 21.1 Å². The summed E-state index contributed by atoms with van der Waals surface area (Å²) in [7, 11) is 0. The zero-order valence-corrected chi connectivity index (χ0v) is 20.7.